The molecular formula is C37H52ClN3O10. The van der Waals surface area contributed by atoms with Crippen molar-refractivity contribution < 1.29 is 48.0 Å². The molecule has 0 radical (unpaired) electrons. The fraction of sp³-hybridized carbons (Fsp3) is 0.622. The van der Waals surface area contributed by atoms with Crippen LogP contribution in [-0.4, -0.2) is 117 Å². The largest absolute Gasteiger partial charge is 0.495 e. The molecule has 1 aromatic rings. The van der Waals surface area contributed by atoms with Gasteiger partial charge in [0.25, 0.3) is 0 Å². The van der Waals surface area contributed by atoms with Crippen LogP contribution < -0.4 is 15.0 Å². The van der Waals surface area contributed by atoms with Gasteiger partial charge in [0.2, 0.25) is 11.8 Å². The Balaban J connectivity index is 1.76. The van der Waals surface area contributed by atoms with Crippen LogP contribution in [0.4, 0.5) is 5.69 Å². The summed E-state index contributed by atoms with van der Waals surface area (Å²) in [4.78, 5) is 56.1. The van der Waals surface area contributed by atoms with Crippen LogP contribution in [0.1, 0.15) is 58.9 Å². The second kappa shape index (κ2) is 16.5. The summed E-state index contributed by atoms with van der Waals surface area (Å²) in [5, 5.41) is 15.0. The Bertz CT molecular complexity index is 1550. The summed E-state index contributed by atoms with van der Waals surface area (Å²) >= 11 is 6.75. The number of benzene rings is 1. The summed E-state index contributed by atoms with van der Waals surface area (Å²) in [6, 6.07) is 2.64. The maximum atomic E-state index is 14.1. The zero-order valence-corrected chi connectivity index (χ0v) is 31.7. The zero-order chi connectivity index (χ0) is 37.8. The number of anilines is 1. The third-order valence-corrected chi connectivity index (χ3v) is 10.8. The van der Waals surface area contributed by atoms with Gasteiger partial charge in [0.05, 0.1) is 31.7 Å². The minimum atomic E-state index is -1.57. The quantitative estimate of drug-likeness (QED) is 0.298. The van der Waals surface area contributed by atoms with Crippen LogP contribution in [0.3, 0.4) is 0 Å². The fourth-order valence-electron chi connectivity index (χ4n) is 6.88. The Morgan fingerprint density at radius 3 is 2.61 bits per heavy atom. The molecule has 0 aromatic heterocycles. The number of carbonyl (C=O) groups is 4. The number of rotatable bonds is 8. The molecule has 14 heteroatoms. The standard InChI is InChI=1S/C37H52ClN3O10/c1-21-11-10-12-28(48-9)37(46)19-27(49-32(44)20-37)22(2)34-36(4,51-34)29(50-35(45)23(3)40(6)30(42)13-14-39-5)18-31(43)41(7)25-16-24(15-21)17-26(47-8)33(25)38/h10-12,16-17,22-23,27-29,34,39,46H,13-15,18-20H2,1-9H3/b12-10+,21-11+/t22-,23+,27+,28-,29+,34+,36+,37-/m1/s1. The van der Waals surface area contributed by atoms with Crippen molar-refractivity contribution in [3.63, 3.8) is 0 Å². The zero-order valence-electron chi connectivity index (χ0n) is 31.0. The Hall–Kier alpha value is -3.49. The maximum Gasteiger partial charge on any atom is 0.328 e. The van der Waals surface area contributed by atoms with E-state index >= 15 is 0 Å². The lowest BCUT2D eigenvalue weighted by Crippen LogP contribution is -2.53. The van der Waals surface area contributed by atoms with Gasteiger partial charge in [-0.05, 0) is 51.9 Å². The average molecular weight is 734 g/mol. The number of aliphatic hydroxyl groups is 1. The van der Waals surface area contributed by atoms with Crippen molar-refractivity contribution in [3.05, 3.63) is 46.5 Å². The Labute approximate surface area is 305 Å². The first-order valence-electron chi connectivity index (χ1n) is 17.2. The van der Waals surface area contributed by atoms with E-state index in [1.165, 1.54) is 31.1 Å². The number of allylic oxidation sites excluding steroid dienone is 3. The van der Waals surface area contributed by atoms with Gasteiger partial charge in [-0.1, -0.05) is 42.3 Å². The lowest BCUT2D eigenvalue weighted by molar-refractivity contribution is -0.187. The number of carbonyl (C=O) groups excluding carboxylic acids is 4. The van der Waals surface area contributed by atoms with Crippen molar-refractivity contribution in [1.29, 1.82) is 0 Å². The van der Waals surface area contributed by atoms with Crippen LogP contribution in [-0.2, 0) is 44.5 Å². The first-order chi connectivity index (χ1) is 24.0. The van der Waals surface area contributed by atoms with Gasteiger partial charge in [0.15, 0.2) is 0 Å². The molecule has 3 aliphatic heterocycles. The number of nitrogens with one attached hydrogen (secondary N) is 1. The average Bonchev–Trinajstić information content (AvgIpc) is 3.79. The molecule has 4 rings (SSSR count). The van der Waals surface area contributed by atoms with Gasteiger partial charge in [-0.2, -0.15) is 0 Å². The number of esters is 2. The lowest BCUT2D eigenvalue weighted by atomic mass is 9.78. The summed E-state index contributed by atoms with van der Waals surface area (Å²) < 4.78 is 29.3. The van der Waals surface area contributed by atoms with E-state index in [1.807, 2.05) is 19.9 Å². The molecular weight excluding hydrogens is 682 g/mol. The highest BCUT2D eigenvalue weighted by molar-refractivity contribution is 6.35. The number of hydrogen-bond donors (Lipinski definition) is 2. The molecule has 0 spiro atoms. The van der Waals surface area contributed by atoms with Crippen molar-refractivity contribution >= 4 is 41.0 Å². The molecule has 51 heavy (non-hydrogen) atoms. The van der Waals surface area contributed by atoms with Gasteiger partial charge >= 0.3 is 11.9 Å². The molecule has 0 saturated carbocycles. The third kappa shape index (κ3) is 8.94. The van der Waals surface area contributed by atoms with Crippen LogP contribution in [0.25, 0.3) is 0 Å². The number of methoxy groups -OCH3 is 2. The predicted molar refractivity (Wildman–Crippen MR) is 191 cm³/mol. The number of nitrogens with zero attached hydrogens (tertiary/aromatic N) is 2. The van der Waals surface area contributed by atoms with Crippen molar-refractivity contribution in [2.24, 2.45) is 5.92 Å². The van der Waals surface area contributed by atoms with E-state index in [9.17, 15) is 24.3 Å². The number of fused-ring (bicyclic) bond motifs is 5. The molecule has 3 aliphatic rings. The van der Waals surface area contributed by atoms with E-state index in [-0.39, 0.29) is 36.6 Å². The molecule has 282 valence electrons. The van der Waals surface area contributed by atoms with E-state index < -0.39 is 65.4 Å². The van der Waals surface area contributed by atoms with E-state index in [1.54, 1.807) is 52.2 Å². The van der Waals surface area contributed by atoms with E-state index in [4.69, 9.17) is 35.3 Å². The lowest BCUT2D eigenvalue weighted by Gasteiger charge is -2.41. The van der Waals surface area contributed by atoms with Crippen LogP contribution in [0.15, 0.2) is 35.9 Å². The highest BCUT2D eigenvalue weighted by Crippen LogP contribution is 2.50. The normalized spacial score (nSPS) is 32.1. The fourth-order valence-corrected chi connectivity index (χ4v) is 7.19. The van der Waals surface area contributed by atoms with E-state index in [0.29, 0.717) is 24.4 Å². The van der Waals surface area contributed by atoms with Crippen molar-refractivity contribution in [2.75, 3.05) is 46.8 Å². The molecule has 13 nitrogen and oxygen atoms in total. The van der Waals surface area contributed by atoms with Gasteiger partial charge in [0, 0.05) is 46.5 Å². The van der Waals surface area contributed by atoms with Crippen molar-refractivity contribution in [3.8, 4) is 5.75 Å². The second-order valence-corrected chi connectivity index (χ2v) is 14.5. The highest BCUT2D eigenvalue weighted by atomic mass is 35.5. The third-order valence-electron chi connectivity index (χ3n) is 10.4. The Kier molecular flexibility index (Phi) is 13.0. The molecule has 0 unspecified atom stereocenters. The van der Waals surface area contributed by atoms with E-state index in [2.05, 4.69) is 5.32 Å². The number of ether oxygens (including phenoxy) is 5. The van der Waals surface area contributed by atoms with E-state index in [0.717, 1.165) is 11.1 Å². The second-order valence-electron chi connectivity index (χ2n) is 14.1. The van der Waals surface area contributed by atoms with Crippen LogP contribution >= 0.6 is 11.6 Å². The predicted octanol–water partition coefficient (Wildman–Crippen LogP) is 3.37. The minimum Gasteiger partial charge on any atom is -0.495 e. The molecule has 2 fully saturated rings. The van der Waals surface area contributed by atoms with Crippen LogP contribution in [0.2, 0.25) is 5.02 Å². The maximum absolute atomic E-state index is 14.1. The number of likely N-dealkylation sites (N-methyl/N-ethyl adjacent to an activating group) is 1. The highest BCUT2D eigenvalue weighted by Gasteiger charge is 2.64. The van der Waals surface area contributed by atoms with Gasteiger partial charge in [-0.25, -0.2) is 4.79 Å². The molecule has 1 aromatic carbocycles. The Morgan fingerprint density at radius 1 is 1.25 bits per heavy atom. The first kappa shape index (κ1) is 40.3. The molecule has 3 heterocycles. The van der Waals surface area contributed by atoms with Gasteiger partial charge in [0.1, 0.15) is 46.3 Å². The molecule has 2 N–H and O–H groups in total. The summed E-state index contributed by atoms with van der Waals surface area (Å²) in [6.45, 7) is 7.49. The van der Waals surface area contributed by atoms with Crippen LogP contribution in [0.5, 0.6) is 5.75 Å². The number of halogens is 1. The minimum absolute atomic E-state index is 0.0637. The number of amides is 2. The SMILES string of the molecule is CNCCC(=O)N(C)[C@@H](C)C(=O)O[C@H]1CC(=O)N(C)c2cc(cc(OC)c2Cl)C/C(C)=C/C=C/[C@@H](OC)[C@]2(O)CC(=O)O[C@@H](C2)[C@@H](C)[C@@H]2O[C@@]12C. The number of hydrogen-bond acceptors (Lipinski definition) is 11. The summed E-state index contributed by atoms with van der Waals surface area (Å²) in [5.74, 6) is -2.07. The van der Waals surface area contributed by atoms with Crippen molar-refractivity contribution in [1.82, 2.24) is 10.2 Å². The topological polar surface area (TPSA) is 156 Å². The van der Waals surface area contributed by atoms with Crippen molar-refractivity contribution in [2.45, 2.75) is 101 Å². The molecule has 2 amide bonds. The molecule has 4 bridgehead atoms. The van der Waals surface area contributed by atoms with Gasteiger partial charge < -0.3 is 43.9 Å². The van der Waals surface area contributed by atoms with Gasteiger partial charge in [-0.15, -0.1) is 0 Å². The molecule has 0 aliphatic carbocycles. The molecule has 2 saturated heterocycles. The van der Waals surface area contributed by atoms with Crippen LogP contribution in [0, 0.1) is 5.92 Å². The smallest absolute Gasteiger partial charge is 0.328 e. The monoisotopic (exact) mass is 733 g/mol. The summed E-state index contributed by atoms with van der Waals surface area (Å²) in [5.41, 5.74) is -0.584. The Morgan fingerprint density at radius 2 is 1.96 bits per heavy atom. The summed E-state index contributed by atoms with van der Waals surface area (Å²) in [6.07, 6.45) is 2.21. The molecule has 8 atom stereocenters. The summed E-state index contributed by atoms with van der Waals surface area (Å²) in [7, 11) is 7.80. The number of epoxide rings is 1. The van der Waals surface area contributed by atoms with Gasteiger partial charge in [-0.3, -0.25) is 14.4 Å². The first-order valence-corrected chi connectivity index (χ1v) is 17.6.